The number of amides is 1. The van der Waals surface area contributed by atoms with Crippen molar-refractivity contribution < 1.29 is 4.79 Å². The van der Waals surface area contributed by atoms with E-state index in [0.717, 1.165) is 12.5 Å². The van der Waals surface area contributed by atoms with Gasteiger partial charge in [0.2, 0.25) is 5.91 Å². The number of hydrogen-bond acceptors (Lipinski definition) is 3. The van der Waals surface area contributed by atoms with Crippen LogP contribution in [0, 0.1) is 5.41 Å². The summed E-state index contributed by atoms with van der Waals surface area (Å²) in [5, 5.41) is 10.1. The van der Waals surface area contributed by atoms with Crippen molar-refractivity contribution in [3.63, 3.8) is 0 Å². The molecule has 1 heterocycles. The molecule has 0 saturated carbocycles. The fraction of sp³-hybridized carbons (Fsp3) is 0.571. The van der Waals surface area contributed by atoms with Crippen molar-refractivity contribution in [2.24, 2.45) is 10.4 Å². The second-order valence-electron chi connectivity index (χ2n) is 5.35. The van der Waals surface area contributed by atoms with Gasteiger partial charge in [-0.15, -0.1) is 0 Å². The standard InChI is InChI=1S/C14H24N4OS/c1-14(2,12(19)15-3)10-17-13(16-4)18(5)8-11-6-7-20-9-11/h6-7,9H,8,10H2,1-5H3,(H,15,19)(H,16,17). The van der Waals surface area contributed by atoms with Gasteiger partial charge in [0.1, 0.15) is 0 Å². The number of carbonyl (C=O) groups is 1. The van der Waals surface area contributed by atoms with Crippen LogP contribution in [0.2, 0.25) is 0 Å². The van der Waals surface area contributed by atoms with E-state index in [0.29, 0.717) is 6.54 Å². The van der Waals surface area contributed by atoms with Crippen molar-refractivity contribution >= 4 is 23.2 Å². The lowest BCUT2D eigenvalue weighted by Gasteiger charge is -2.27. The zero-order valence-electron chi connectivity index (χ0n) is 12.9. The van der Waals surface area contributed by atoms with Gasteiger partial charge < -0.3 is 15.5 Å². The zero-order valence-corrected chi connectivity index (χ0v) is 13.7. The highest BCUT2D eigenvalue weighted by Crippen LogP contribution is 2.13. The first-order valence-corrected chi connectivity index (χ1v) is 7.50. The van der Waals surface area contributed by atoms with Crippen LogP contribution in [0.4, 0.5) is 0 Å². The Kier molecular flexibility index (Phi) is 6.01. The molecule has 2 N–H and O–H groups in total. The number of nitrogens with one attached hydrogen (secondary N) is 2. The summed E-state index contributed by atoms with van der Waals surface area (Å²) >= 11 is 1.69. The number of carbonyl (C=O) groups excluding carboxylic acids is 1. The van der Waals surface area contributed by atoms with Gasteiger partial charge in [-0.3, -0.25) is 9.79 Å². The molecule has 5 nitrogen and oxygen atoms in total. The number of hydrogen-bond donors (Lipinski definition) is 2. The third-order valence-electron chi connectivity index (χ3n) is 3.10. The van der Waals surface area contributed by atoms with Gasteiger partial charge >= 0.3 is 0 Å². The number of aliphatic imine (C=N–C) groups is 1. The Hall–Kier alpha value is -1.56. The zero-order chi connectivity index (χ0) is 15.2. The van der Waals surface area contributed by atoms with E-state index in [9.17, 15) is 4.79 Å². The summed E-state index contributed by atoms with van der Waals surface area (Å²) in [5.74, 6) is 0.800. The van der Waals surface area contributed by atoms with Gasteiger partial charge in [0, 0.05) is 34.2 Å². The van der Waals surface area contributed by atoms with E-state index in [1.165, 1.54) is 5.56 Å². The minimum absolute atomic E-state index is 0.0148. The van der Waals surface area contributed by atoms with Crippen LogP contribution in [0.1, 0.15) is 19.4 Å². The summed E-state index contributed by atoms with van der Waals surface area (Å²) in [6.45, 7) is 5.15. The van der Waals surface area contributed by atoms with E-state index in [1.807, 2.05) is 25.8 Å². The molecule has 0 saturated heterocycles. The first kappa shape index (κ1) is 16.5. The first-order valence-electron chi connectivity index (χ1n) is 6.55. The molecule has 1 amide bonds. The van der Waals surface area contributed by atoms with Crippen molar-refractivity contribution in [2.75, 3.05) is 27.7 Å². The van der Waals surface area contributed by atoms with Gasteiger partial charge in [-0.25, -0.2) is 0 Å². The van der Waals surface area contributed by atoms with Crippen molar-refractivity contribution in [1.29, 1.82) is 0 Å². The van der Waals surface area contributed by atoms with Crippen LogP contribution >= 0.6 is 11.3 Å². The Balaban J connectivity index is 2.57. The Bertz CT molecular complexity index is 454. The molecular weight excluding hydrogens is 272 g/mol. The largest absolute Gasteiger partial charge is 0.359 e. The quantitative estimate of drug-likeness (QED) is 0.640. The summed E-state index contributed by atoms with van der Waals surface area (Å²) in [5.41, 5.74) is 0.777. The van der Waals surface area contributed by atoms with Gasteiger partial charge in [-0.05, 0) is 36.2 Å². The lowest BCUT2D eigenvalue weighted by molar-refractivity contribution is -0.128. The van der Waals surface area contributed by atoms with E-state index in [4.69, 9.17) is 0 Å². The normalized spacial score (nSPS) is 12.2. The molecule has 1 rings (SSSR count). The van der Waals surface area contributed by atoms with E-state index in [1.54, 1.807) is 25.4 Å². The van der Waals surface area contributed by atoms with E-state index in [2.05, 4.69) is 32.5 Å². The summed E-state index contributed by atoms with van der Waals surface area (Å²) in [7, 11) is 5.39. The Morgan fingerprint density at radius 2 is 2.20 bits per heavy atom. The van der Waals surface area contributed by atoms with Crippen LogP contribution in [-0.2, 0) is 11.3 Å². The van der Waals surface area contributed by atoms with Crippen molar-refractivity contribution in [1.82, 2.24) is 15.5 Å². The van der Waals surface area contributed by atoms with Crippen molar-refractivity contribution in [2.45, 2.75) is 20.4 Å². The fourth-order valence-corrected chi connectivity index (χ4v) is 2.49. The number of thiophene rings is 1. The van der Waals surface area contributed by atoms with E-state index < -0.39 is 5.41 Å². The van der Waals surface area contributed by atoms with Gasteiger partial charge in [-0.2, -0.15) is 11.3 Å². The minimum Gasteiger partial charge on any atom is -0.359 e. The molecule has 0 aliphatic carbocycles. The van der Waals surface area contributed by atoms with E-state index in [-0.39, 0.29) is 5.91 Å². The maximum Gasteiger partial charge on any atom is 0.227 e. The summed E-state index contributed by atoms with van der Waals surface area (Å²) in [6, 6.07) is 2.10. The molecule has 1 aromatic rings. The molecule has 6 heteroatoms. The van der Waals surface area contributed by atoms with Gasteiger partial charge in [0.25, 0.3) is 0 Å². The Labute approximate surface area is 125 Å². The third kappa shape index (κ3) is 4.52. The van der Waals surface area contributed by atoms with Crippen LogP contribution < -0.4 is 10.6 Å². The predicted octanol–water partition coefficient (Wildman–Crippen LogP) is 1.53. The van der Waals surface area contributed by atoms with Crippen LogP contribution in [0.25, 0.3) is 0 Å². The third-order valence-corrected chi connectivity index (χ3v) is 3.84. The van der Waals surface area contributed by atoms with Crippen LogP contribution in [0.3, 0.4) is 0 Å². The summed E-state index contributed by atoms with van der Waals surface area (Å²) in [6.07, 6.45) is 0. The molecule has 0 aliphatic rings. The molecule has 20 heavy (non-hydrogen) atoms. The second kappa shape index (κ2) is 7.28. The average molecular weight is 296 g/mol. The molecule has 0 bridgehead atoms. The Morgan fingerprint density at radius 1 is 1.50 bits per heavy atom. The average Bonchev–Trinajstić information content (AvgIpc) is 2.91. The molecule has 0 aromatic carbocycles. The van der Waals surface area contributed by atoms with Crippen molar-refractivity contribution in [3.05, 3.63) is 22.4 Å². The molecule has 0 aliphatic heterocycles. The molecule has 0 fully saturated rings. The van der Waals surface area contributed by atoms with Crippen LogP contribution in [0.5, 0.6) is 0 Å². The smallest absolute Gasteiger partial charge is 0.227 e. The highest BCUT2D eigenvalue weighted by molar-refractivity contribution is 7.07. The summed E-state index contributed by atoms with van der Waals surface area (Å²) < 4.78 is 0. The topological polar surface area (TPSA) is 56.7 Å². The lowest BCUT2D eigenvalue weighted by Crippen LogP contribution is -2.47. The lowest BCUT2D eigenvalue weighted by atomic mass is 9.92. The van der Waals surface area contributed by atoms with Crippen molar-refractivity contribution in [3.8, 4) is 0 Å². The number of rotatable bonds is 5. The first-order chi connectivity index (χ1) is 9.40. The Morgan fingerprint density at radius 3 is 2.70 bits per heavy atom. The monoisotopic (exact) mass is 296 g/mol. The maximum absolute atomic E-state index is 11.8. The SMILES string of the molecule is CN=C(NCC(C)(C)C(=O)NC)N(C)Cc1ccsc1. The molecule has 1 aromatic heterocycles. The molecule has 0 radical (unpaired) electrons. The molecule has 0 spiro atoms. The molecule has 112 valence electrons. The molecule has 0 unspecified atom stereocenters. The van der Waals surface area contributed by atoms with Gasteiger partial charge in [0.05, 0.1) is 5.41 Å². The van der Waals surface area contributed by atoms with Crippen LogP contribution in [0.15, 0.2) is 21.8 Å². The van der Waals surface area contributed by atoms with E-state index >= 15 is 0 Å². The maximum atomic E-state index is 11.8. The predicted molar refractivity (Wildman–Crippen MR) is 85.0 cm³/mol. The summed E-state index contributed by atoms with van der Waals surface area (Å²) in [4.78, 5) is 18.1. The minimum atomic E-state index is -0.478. The van der Waals surface area contributed by atoms with Gasteiger partial charge in [-0.1, -0.05) is 0 Å². The molecule has 0 atom stereocenters. The fourth-order valence-electron chi connectivity index (χ4n) is 1.83. The highest BCUT2D eigenvalue weighted by Gasteiger charge is 2.27. The van der Waals surface area contributed by atoms with Crippen LogP contribution in [-0.4, -0.2) is 44.5 Å². The molecular formula is C14H24N4OS. The van der Waals surface area contributed by atoms with Gasteiger partial charge in [0.15, 0.2) is 5.96 Å². The number of nitrogens with zero attached hydrogens (tertiary/aromatic N) is 2. The highest BCUT2D eigenvalue weighted by atomic mass is 32.1. The number of guanidine groups is 1. The second-order valence-corrected chi connectivity index (χ2v) is 6.13.